The van der Waals surface area contributed by atoms with E-state index < -0.39 is 0 Å². The number of halogens is 2. The standard InChI is InChI=1S/C26H33FN4O.HI/c1-2-28-25(30-19-26(13-14-26)22-11-4-5-12-23(22)27)29-18-20-9-8-10-21(17-20)24(32)31-15-6-3-7-16-31;/h4-5,8-12,17H,2-3,6-7,13-16,18-19H2,1H3,(H2,28,29,30);1H. The molecule has 2 aliphatic rings. The Hall–Kier alpha value is -2.16. The van der Waals surface area contributed by atoms with E-state index in [0.717, 1.165) is 62.0 Å². The Balaban J connectivity index is 0.00000306. The number of hydrogen-bond acceptors (Lipinski definition) is 2. The van der Waals surface area contributed by atoms with Gasteiger partial charge in [-0.15, -0.1) is 24.0 Å². The molecule has 4 rings (SSSR count). The van der Waals surface area contributed by atoms with Crippen LogP contribution in [0, 0.1) is 5.82 Å². The number of aliphatic imine (C=N–C) groups is 1. The summed E-state index contributed by atoms with van der Waals surface area (Å²) in [6.45, 7) is 5.58. The largest absolute Gasteiger partial charge is 0.357 e. The topological polar surface area (TPSA) is 56.7 Å². The van der Waals surface area contributed by atoms with Gasteiger partial charge in [0, 0.05) is 37.2 Å². The molecule has 2 aromatic rings. The summed E-state index contributed by atoms with van der Waals surface area (Å²) in [5.74, 6) is 0.688. The van der Waals surface area contributed by atoms with Crippen LogP contribution in [0.4, 0.5) is 4.39 Å². The maximum absolute atomic E-state index is 14.3. The number of carbonyl (C=O) groups is 1. The number of nitrogens with one attached hydrogen (secondary N) is 2. The SMILES string of the molecule is CCNC(=NCc1cccc(C(=O)N2CCCCC2)c1)NCC1(c2ccccc2F)CC1.I. The summed E-state index contributed by atoms with van der Waals surface area (Å²) in [4.78, 5) is 19.5. The minimum atomic E-state index is -0.150. The Morgan fingerprint density at radius 3 is 2.52 bits per heavy atom. The molecule has 1 aliphatic carbocycles. The first kappa shape index (κ1) is 25.5. The molecule has 2 aromatic carbocycles. The van der Waals surface area contributed by atoms with Crippen LogP contribution in [0.25, 0.3) is 0 Å². The highest BCUT2D eigenvalue weighted by Gasteiger charge is 2.45. The molecule has 2 fully saturated rings. The molecule has 1 amide bonds. The molecule has 178 valence electrons. The van der Waals surface area contributed by atoms with Crippen molar-refractivity contribution in [3.8, 4) is 0 Å². The fourth-order valence-electron chi connectivity index (χ4n) is 4.43. The molecular weight excluding hydrogens is 530 g/mol. The van der Waals surface area contributed by atoms with Crippen molar-refractivity contribution < 1.29 is 9.18 Å². The van der Waals surface area contributed by atoms with Crippen molar-refractivity contribution in [1.82, 2.24) is 15.5 Å². The van der Waals surface area contributed by atoms with E-state index in [9.17, 15) is 9.18 Å². The van der Waals surface area contributed by atoms with Gasteiger partial charge in [0.05, 0.1) is 6.54 Å². The zero-order valence-electron chi connectivity index (χ0n) is 19.3. The Morgan fingerprint density at radius 2 is 1.82 bits per heavy atom. The van der Waals surface area contributed by atoms with Gasteiger partial charge in [0.1, 0.15) is 5.82 Å². The molecule has 0 spiro atoms. The smallest absolute Gasteiger partial charge is 0.253 e. The molecule has 1 aliphatic heterocycles. The van der Waals surface area contributed by atoms with Crippen LogP contribution in [0.15, 0.2) is 53.5 Å². The third-order valence-electron chi connectivity index (χ3n) is 6.47. The van der Waals surface area contributed by atoms with Gasteiger partial charge in [0.25, 0.3) is 5.91 Å². The van der Waals surface area contributed by atoms with Crippen molar-refractivity contribution in [2.45, 2.75) is 51.0 Å². The molecule has 0 bridgehead atoms. The molecule has 1 heterocycles. The van der Waals surface area contributed by atoms with E-state index in [4.69, 9.17) is 4.99 Å². The van der Waals surface area contributed by atoms with Gasteiger partial charge in [-0.3, -0.25) is 4.79 Å². The molecule has 1 saturated carbocycles. The lowest BCUT2D eigenvalue weighted by Gasteiger charge is -2.26. The Bertz CT molecular complexity index is 970. The van der Waals surface area contributed by atoms with Crippen LogP contribution in [0.1, 0.15) is 60.5 Å². The summed E-state index contributed by atoms with van der Waals surface area (Å²) >= 11 is 0. The van der Waals surface area contributed by atoms with Crippen molar-refractivity contribution >= 4 is 35.8 Å². The van der Waals surface area contributed by atoms with Crippen molar-refractivity contribution in [2.75, 3.05) is 26.2 Å². The van der Waals surface area contributed by atoms with Crippen LogP contribution in [0.3, 0.4) is 0 Å². The fraction of sp³-hybridized carbons (Fsp3) is 0.462. The second-order valence-electron chi connectivity index (χ2n) is 8.86. The average molecular weight is 564 g/mol. The number of benzene rings is 2. The van der Waals surface area contributed by atoms with Crippen molar-refractivity contribution in [3.63, 3.8) is 0 Å². The van der Waals surface area contributed by atoms with Gasteiger partial charge in [-0.1, -0.05) is 30.3 Å². The number of carbonyl (C=O) groups excluding carboxylic acids is 1. The van der Waals surface area contributed by atoms with Gasteiger partial charge < -0.3 is 15.5 Å². The zero-order chi connectivity index (χ0) is 22.4. The third-order valence-corrected chi connectivity index (χ3v) is 6.47. The summed E-state index contributed by atoms with van der Waals surface area (Å²) in [7, 11) is 0. The highest BCUT2D eigenvalue weighted by atomic mass is 127. The second-order valence-corrected chi connectivity index (χ2v) is 8.86. The summed E-state index contributed by atoms with van der Waals surface area (Å²) in [6.07, 6.45) is 5.32. The normalized spacial score (nSPS) is 17.2. The first-order valence-corrected chi connectivity index (χ1v) is 11.8. The highest BCUT2D eigenvalue weighted by molar-refractivity contribution is 14.0. The molecule has 1 saturated heterocycles. The Kier molecular flexibility index (Phi) is 9.11. The van der Waals surface area contributed by atoms with Gasteiger partial charge in [-0.05, 0) is 68.4 Å². The molecule has 33 heavy (non-hydrogen) atoms. The minimum absolute atomic E-state index is 0. The van der Waals surface area contributed by atoms with Crippen molar-refractivity contribution in [1.29, 1.82) is 0 Å². The minimum Gasteiger partial charge on any atom is -0.357 e. The lowest BCUT2D eigenvalue weighted by atomic mass is 9.95. The first-order chi connectivity index (χ1) is 15.6. The molecule has 5 nitrogen and oxygen atoms in total. The van der Waals surface area contributed by atoms with Crippen LogP contribution < -0.4 is 10.6 Å². The average Bonchev–Trinajstić information content (AvgIpc) is 3.62. The monoisotopic (exact) mass is 564 g/mol. The van der Waals surface area contributed by atoms with Crippen LogP contribution in [-0.2, 0) is 12.0 Å². The first-order valence-electron chi connectivity index (χ1n) is 11.8. The summed E-state index contributed by atoms with van der Waals surface area (Å²) in [5.41, 5.74) is 2.36. The van der Waals surface area contributed by atoms with Crippen molar-refractivity contribution in [3.05, 3.63) is 71.0 Å². The lowest BCUT2D eigenvalue weighted by Crippen LogP contribution is -2.41. The number of hydrogen-bond donors (Lipinski definition) is 2. The van der Waals surface area contributed by atoms with Crippen LogP contribution in [-0.4, -0.2) is 42.9 Å². The van der Waals surface area contributed by atoms with E-state index >= 15 is 0 Å². The number of nitrogens with zero attached hydrogens (tertiary/aromatic N) is 2. The molecule has 0 unspecified atom stereocenters. The summed E-state index contributed by atoms with van der Waals surface area (Å²) in [6, 6.07) is 14.8. The maximum Gasteiger partial charge on any atom is 0.253 e. The van der Waals surface area contributed by atoms with E-state index in [1.807, 2.05) is 48.2 Å². The van der Waals surface area contributed by atoms with Gasteiger partial charge in [-0.2, -0.15) is 0 Å². The number of likely N-dealkylation sites (tertiary alicyclic amines) is 1. The van der Waals surface area contributed by atoms with E-state index in [1.54, 1.807) is 6.07 Å². The predicted octanol–water partition coefficient (Wildman–Crippen LogP) is 4.86. The van der Waals surface area contributed by atoms with E-state index in [1.165, 1.54) is 12.5 Å². The van der Waals surface area contributed by atoms with E-state index in [-0.39, 0.29) is 41.1 Å². The van der Waals surface area contributed by atoms with E-state index in [2.05, 4.69) is 10.6 Å². The summed E-state index contributed by atoms with van der Waals surface area (Å²) in [5, 5.41) is 6.68. The molecule has 0 atom stereocenters. The number of rotatable bonds is 7. The number of guanidine groups is 1. The Morgan fingerprint density at radius 1 is 1.06 bits per heavy atom. The second kappa shape index (κ2) is 11.8. The van der Waals surface area contributed by atoms with Crippen LogP contribution in [0.2, 0.25) is 0 Å². The number of amides is 1. The maximum atomic E-state index is 14.3. The van der Waals surface area contributed by atoms with Gasteiger partial charge in [-0.25, -0.2) is 9.38 Å². The molecule has 2 N–H and O–H groups in total. The molecule has 0 aromatic heterocycles. The van der Waals surface area contributed by atoms with Gasteiger partial charge in [0.2, 0.25) is 0 Å². The van der Waals surface area contributed by atoms with Crippen LogP contribution >= 0.6 is 24.0 Å². The quantitative estimate of drug-likeness (QED) is 0.287. The molecule has 7 heteroatoms. The van der Waals surface area contributed by atoms with Crippen LogP contribution in [0.5, 0.6) is 0 Å². The van der Waals surface area contributed by atoms with Gasteiger partial charge in [0.15, 0.2) is 5.96 Å². The van der Waals surface area contributed by atoms with Crippen molar-refractivity contribution in [2.24, 2.45) is 4.99 Å². The number of piperidine rings is 1. The fourth-order valence-corrected chi connectivity index (χ4v) is 4.43. The lowest BCUT2D eigenvalue weighted by molar-refractivity contribution is 0.0724. The third kappa shape index (κ3) is 6.46. The highest BCUT2D eigenvalue weighted by Crippen LogP contribution is 2.48. The molecule has 0 radical (unpaired) electrons. The Labute approximate surface area is 213 Å². The zero-order valence-corrected chi connectivity index (χ0v) is 21.6. The summed E-state index contributed by atoms with van der Waals surface area (Å²) < 4.78 is 14.3. The van der Waals surface area contributed by atoms with E-state index in [0.29, 0.717) is 19.0 Å². The predicted molar refractivity (Wildman–Crippen MR) is 142 cm³/mol. The molecular formula is C26H34FIN4O. The van der Waals surface area contributed by atoms with Gasteiger partial charge >= 0.3 is 0 Å².